The first-order valence-corrected chi connectivity index (χ1v) is 16.7. The van der Waals surface area contributed by atoms with Crippen molar-refractivity contribution >= 4 is 62.1 Å². The van der Waals surface area contributed by atoms with Crippen LogP contribution in [0.3, 0.4) is 0 Å². The van der Waals surface area contributed by atoms with E-state index in [9.17, 15) is 4.79 Å². The standard InChI is InChI=1S/C30H24NSi.C5H8O2.Ir/c1-32(2,3)30-18-21-17-29(31-19-28(21)25-14-8-9-15-26(25)30)27-16-20-10-4-5-11-22(20)23-12-6-7-13-24(23)27;1-4(6)3-5(2)7;/h4-15,17-19H,1-3H3;3,6H,1-2H3;/q-1;;/b;4-3-;. The van der Waals surface area contributed by atoms with Gasteiger partial charge in [-0.1, -0.05) is 125 Å². The number of benzene rings is 5. The molecule has 0 unspecified atom stereocenters. The molecule has 6 rings (SSSR count). The second-order valence-electron chi connectivity index (χ2n) is 11.0. The van der Waals surface area contributed by atoms with E-state index in [-0.39, 0.29) is 31.6 Å². The van der Waals surface area contributed by atoms with Crippen LogP contribution in [0.15, 0.2) is 103 Å². The molecule has 0 atom stereocenters. The third-order valence-electron chi connectivity index (χ3n) is 6.89. The number of pyridine rings is 1. The quantitative estimate of drug-likeness (QED) is 0.0655. The summed E-state index contributed by atoms with van der Waals surface area (Å²) in [5.74, 6) is -0.0625. The predicted octanol–water partition coefficient (Wildman–Crippen LogP) is 8.74. The smallest absolute Gasteiger partial charge is 0.155 e. The van der Waals surface area contributed by atoms with Crippen molar-refractivity contribution in [2.75, 3.05) is 0 Å². The molecule has 40 heavy (non-hydrogen) atoms. The van der Waals surface area contributed by atoms with E-state index >= 15 is 0 Å². The fourth-order valence-electron chi connectivity index (χ4n) is 5.22. The number of aliphatic hydroxyl groups is 1. The summed E-state index contributed by atoms with van der Waals surface area (Å²) in [6.45, 7) is 10.1. The molecule has 0 aliphatic heterocycles. The van der Waals surface area contributed by atoms with Crippen LogP contribution in [0.25, 0.3) is 54.3 Å². The Balaban J connectivity index is 0.000000413. The Morgan fingerprint density at radius 3 is 1.90 bits per heavy atom. The molecule has 0 saturated carbocycles. The van der Waals surface area contributed by atoms with Gasteiger partial charge in [-0.25, -0.2) is 0 Å². The van der Waals surface area contributed by atoms with Gasteiger partial charge in [0.2, 0.25) is 0 Å². The number of hydrogen-bond acceptors (Lipinski definition) is 3. The molecule has 1 aromatic heterocycles. The van der Waals surface area contributed by atoms with Gasteiger partial charge in [-0.3, -0.25) is 9.78 Å². The van der Waals surface area contributed by atoms with Gasteiger partial charge >= 0.3 is 0 Å². The van der Waals surface area contributed by atoms with Gasteiger partial charge in [0.05, 0.1) is 13.8 Å². The molecular weight excluding hydrogens is 687 g/mol. The Morgan fingerprint density at radius 2 is 1.32 bits per heavy atom. The van der Waals surface area contributed by atoms with E-state index in [2.05, 4.69) is 117 Å². The summed E-state index contributed by atoms with van der Waals surface area (Å²) >= 11 is 0. The maximum Gasteiger partial charge on any atom is 0.155 e. The van der Waals surface area contributed by atoms with Gasteiger partial charge in [0, 0.05) is 43.5 Å². The molecule has 0 fully saturated rings. The first-order valence-electron chi connectivity index (χ1n) is 13.2. The number of rotatable bonds is 3. The molecule has 0 saturated heterocycles. The van der Waals surface area contributed by atoms with Crippen molar-refractivity contribution in [3.63, 3.8) is 0 Å². The van der Waals surface area contributed by atoms with Crippen LogP contribution in [0.2, 0.25) is 19.6 Å². The number of nitrogens with zero attached hydrogens (tertiary/aromatic N) is 1. The van der Waals surface area contributed by atoms with Crippen LogP contribution < -0.4 is 5.19 Å². The number of carbonyl (C=O) groups excluding carboxylic acids is 1. The second kappa shape index (κ2) is 11.9. The van der Waals surface area contributed by atoms with Crippen LogP contribution in [-0.4, -0.2) is 23.9 Å². The van der Waals surface area contributed by atoms with Gasteiger partial charge < -0.3 is 5.11 Å². The van der Waals surface area contributed by atoms with E-state index in [0.717, 1.165) is 16.6 Å². The maximum absolute atomic E-state index is 10.0. The Kier molecular flexibility index (Phi) is 8.70. The number of carbonyl (C=O) groups is 1. The van der Waals surface area contributed by atoms with Crippen molar-refractivity contribution in [1.29, 1.82) is 0 Å². The zero-order valence-electron chi connectivity index (χ0n) is 23.4. The summed E-state index contributed by atoms with van der Waals surface area (Å²) in [5.41, 5.74) is 2.06. The fourth-order valence-corrected chi connectivity index (χ4v) is 6.83. The molecule has 3 nitrogen and oxygen atoms in total. The average Bonchev–Trinajstić information content (AvgIpc) is 2.91. The normalized spacial score (nSPS) is 11.8. The zero-order chi connectivity index (χ0) is 27.7. The van der Waals surface area contributed by atoms with E-state index in [0.29, 0.717) is 0 Å². The minimum absolute atomic E-state index is 0. The molecule has 0 aliphatic rings. The number of ketones is 1. The zero-order valence-corrected chi connectivity index (χ0v) is 26.8. The molecular formula is C35H32IrNO2Si-. The maximum atomic E-state index is 10.0. The molecule has 1 radical (unpaired) electrons. The van der Waals surface area contributed by atoms with Crippen molar-refractivity contribution in [2.45, 2.75) is 33.5 Å². The number of fused-ring (bicyclic) bond motifs is 6. The van der Waals surface area contributed by atoms with E-state index in [4.69, 9.17) is 10.1 Å². The largest absolute Gasteiger partial charge is 0.512 e. The van der Waals surface area contributed by atoms with Gasteiger partial charge in [-0.15, -0.1) is 17.5 Å². The molecule has 5 aromatic carbocycles. The summed E-state index contributed by atoms with van der Waals surface area (Å²) in [5, 5.41) is 19.8. The fraction of sp³-hybridized carbons (Fsp3) is 0.143. The topological polar surface area (TPSA) is 50.2 Å². The third kappa shape index (κ3) is 5.92. The first kappa shape index (κ1) is 29.4. The Morgan fingerprint density at radius 1 is 0.775 bits per heavy atom. The van der Waals surface area contributed by atoms with Crippen molar-refractivity contribution in [3.05, 3.63) is 109 Å². The first-order chi connectivity index (χ1) is 18.6. The number of allylic oxidation sites excluding steroid dienone is 2. The van der Waals surface area contributed by atoms with E-state index < -0.39 is 8.07 Å². The minimum atomic E-state index is -1.52. The Hall–Kier alpha value is -3.63. The van der Waals surface area contributed by atoms with Crippen LogP contribution in [0, 0.1) is 6.07 Å². The van der Waals surface area contributed by atoms with Crippen molar-refractivity contribution in [1.82, 2.24) is 4.98 Å². The molecule has 0 spiro atoms. The van der Waals surface area contributed by atoms with Gasteiger partial charge in [-0.2, -0.15) is 0 Å². The van der Waals surface area contributed by atoms with Crippen molar-refractivity contribution < 1.29 is 30.0 Å². The molecule has 203 valence electrons. The van der Waals surface area contributed by atoms with Gasteiger partial charge in [0.1, 0.15) is 0 Å². The predicted molar refractivity (Wildman–Crippen MR) is 169 cm³/mol. The molecule has 0 amide bonds. The summed E-state index contributed by atoms with van der Waals surface area (Å²) in [4.78, 5) is 15.0. The summed E-state index contributed by atoms with van der Waals surface area (Å²) in [6, 6.07) is 34.2. The average molecular weight is 719 g/mol. The summed E-state index contributed by atoms with van der Waals surface area (Å²) in [6.07, 6.45) is 3.22. The van der Waals surface area contributed by atoms with E-state index in [1.165, 1.54) is 62.8 Å². The van der Waals surface area contributed by atoms with Gasteiger partial charge in [0.25, 0.3) is 0 Å². The number of hydrogen-bond donors (Lipinski definition) is 1. The molecule has 1 N–H and O–H groups in total. The van der Waals surface area contributed by atoms with Crippen molar-refractivity contribution in [2.24, 2.45) is 0 Å². The third-order valence-corrected chi connectivity index (χ3v) is 8.92. The van der Waals surface area contributed by atoms with Crippen LogP contribution in [0.1, 0.15) is 13.8 Å². The van der Waals surface area contributed by atoms with Gasteiger partial charge in [-0.05, 0) is 30.0 Å². The number of aromatic nitrogens is 1. The SMILES string of the molecule is CC(=O)/C=C(/C)O.C[Si](C)(C)c1cc2cc(-c3[c-]c4ccccc4c4ccccc34)ncc2c2ccccc12.[Ir]. The number of aliphatic hydroxyl groups excluding tert-OH is 1. The van der Waals surface area contributed by atoms with Crippen LogP contribution in [0.5, 0.6) is 0 Å². The summed E-state index contributed by atoms with van der Waals surface area (Å²) < 4.78 is 0. The minimum Gasteiger partial charge on any atom is -0.512 e. The molecule has 1 heterocycles. The Labute approximate surface area is 249 Å². The van der Waals surface area contributed by atoms with E-state index in [1.807, 2.05) is 0 Å². The second-order valence-corrected chi connectivity index (χ2v) is 16.0. The Bertz CT molecular complexity index is 1900. The summed E-state index contributed by atoms with van der Waals surface area (Å²) in [7, 11) is -1.52. The molecule has 0 bridgehead atoms. The molecule has 0 aliphatic carbocycles. The monoisotopic (exact) mass is 719 g/mol. The van der Waals surface area contributed by atoms with E-state index in [1.54, 1.807) is 0 Å². The van der Waals surface area contributed by atoms with Crippen molar-refractivity contribution in [3.8, 4) is 11.3 Å². The van der Waals surface area contributed by atoms with Crippen LogP contribution in [-0.2, 0) is 24.9 Å². The molecule has 6 aromatic rings. The molecule has 5 heteroatoms. The van der Waals surface area contributed by atoms with Crippen LogP contribution in [0.4, 0.5) is 0 Å². The van der Waals surface area contributed by atoms with Crippen LogP contribution >= 0.6 is 0 Å². The van der Waals surface area contributed by atoms with Gasteiger partial charge in [0.15, 0.2) is 5.78 Å².